The van der Waals surface area contributed by atoms with Gasteiger partial charge in [-0.2, -0.15) is 0 Å². The first kappa shape index (κ1) is 14.2. The molecule has 0 atom stereocenters. The van der Waals surface area contributed by atoms with Crippen LogP contribution in [0.4, 0.5) is 8.78 Å². The third-order valence-electron chi connectivity index (χ3n) is 3.03. The van der Waals surface area contributed by atoms with Gasteiger partial charge < -0.3 is 4.90 Å². The number of amides is 1. The molecule has 0 heterocycles. The molecule has 0 aliphatic carbocycles. The lowest BCUT2D eigenvalue weighted by molar-refractivity contribution is 0.0780. The zero-order valence-corrected chi connectivity index (χ0v) is 11.4. The Morgan fingerprint density at radius 2 is 1.75 bits per heavy atom. The lowest BCUT2D eigenvalue weighted by atomic mass is 10.1. The summed E-state index contributed by atoms with van der Waals surface area (Å²) in [5.74, 6) is -1.25. The summed E-state index contributed by atoms with van der Waals surface area (Å²) in [5.41, 5.74) is 1.59. The van der Waals surface area contributed by atoms with Gasteiger partial charge in [-0.3, -0.25) is 4.79 Å². The summed E-state index contributed by atoms with van der Waals surface area (Å²) < 4.78 is 26.6. The number of nitrogens with zero attached hydrogens (tertiary/aromatic N) is 1. The minimum Gasteiger partial charge on any atom is -0.337 e. The SMILES string of the molecule is Cc1ccc(C(=O)N(C)Cc2ccc(F)cc2)c(F)c1. The van der Waals surface area contributed by atoms with Gasteiger partial charge in [0.05, 0.1) is 5.56 Å². The second-order valence-corrected chi connectivity index (χ2v) is 4.77. The third kappa shape index (κ3) is 3.20. The van der Waals surface area contributed by atoms with Gasteiger partial charge in [-0.05, 0) is 42.3 Å². The Morgan fingerprint density at radius 1 is 1.10 bits per heavy atom. The molecule has 2 rings (SSSR count). The summed E-state index contributed by atoms with van der Waals surface area (Å²) in [5, 5.41) is 0. The van der Waals surface area contributed by atoms with Gasteiger partial charge in [-0.25, -0.2) is 8.78 Å². The Kier molecular flexibility index (Phi) is 4.13. The molecule has 0 aliphatic rings. The molecule has 0 saturated heterocycles. The molecule has 2 aromatic rings. The summed E-state index contributed by atoms with van der Waals surface area (Å²) in [6, 6.07) is 10.4. The molecular weight excluding hydrogens is 260 g/mol. The van der Waals surface area contributed by atoms with Crippen molar-refractivity contribution in [2.75, 3.05) is 7.05 Å². The van der Waals surface area contributed by atoms with Crippen LogP contribution in [0.5, 0.6) is 0 Å². The van der Waals surface area contributed by atoms with Gasteiger partial charge in [0.1, 0.15) is 11.6 Å². The number of halogens is 2. The van der Waals surface area contributed by atoms with Crippen LogP contribution in [0, 0.1) is 18.6 Å². The lowest BCUT2D eigenvalue weighted by Gasteiger charge is -2.18. The largest absolute Gasteiger partial charge is 0.337 e. The fourth-order valence-electron chi connectivity index (χ4n) is 1.93. The number of hydrogen-bond donors (Lipinski definition) is 0. The first-order valence-electron chi connectivity index (χ1n) is 6.23. The minimum atomic E-state index is -0.527. The van der Waals surface area contributed by atoms with E-state index in [-0.39, 0.29) is 11.4 Å². The molecule has 1 amide bonds. The van der Waals surface area contributed by atoms with Crippen LogP contribution in [0.25, 0.3) is 0 Å². The first-order valence-corrected chi connectivity index (χ1v) is 6.23. The predicted molar refractivity (Wildman–Crippen MR) is 73.3 cm³/mol. The van der Waals surface area contributed by atoms with E-state index < -0.39 is 11.7 Å². The highest BCUT2D eigenvalue weighted by Gasteiger charge is 2.16. The minimum absolute atomic E-state index is 0.0419. The molecule has 0 N–H and O–H groups in total. The van der Waals surface area contributed by atoms with Crippen LogP contribution in [-0.4, -0.2) is 17.9 Å². The summed E-state index contributed by atoms with van der Waals surface area (Å²) in [6.45, 7) is 2.06. The first-order chi connectivity index (χ1) is 9.47. The van der Waals surface area contributed by atoms with E-state index in [1.165, 1.54) is 29.2 Å². The monoisotopic (exact) mass is 275 g/mol. The van der Waals surface area contributed by atoms with Gasteiger partial charge in [-0.1, -0.05) is 18.2 Å². The molecule has 2 nitrogen and oxygen atoms in total. The number of hydrogen-bond acceptors (Lipinski definition) is 1. The van der Waals surface area contributed by atoms with Gasteiger partial charge in [0, 0.05) is 13.6 Å². The number of rotatable bonds is 3. The van der Waals surface area contributed by atoms with E-state index in [0.717, 1.165) is 11.1 Å². The third-order valence-corrected chi connectivity index (χ3v) is 3.03. The van der Waals surface area contributed by atoms with Crippen LogP contribution in [0.3, 0.4) is 0 Å². The molecule has 0 unspecified atom stereocenters. The molecule has 20 heavy (non-hydrogen) atoms. The second kappa shape index (κ2) is 5.82. The standard InChI is InChI=1S/C16H15F2NO/c1-11-3-8-14(15(18)9-11)16(20)19(2)10-12-4-6-13(17)7-5-12/h3-9H,10H2,1-2H3. The highest BCUT2D eigenvalue weighted by atomic mass is 19.1. The number of carbonyl (C=O) groups is 1. The molecule has 0 radical (unpaired) electrons. The van der Waals surface area contributed by atoms with Crippen molar-refractivity contribution in [2.45, 2.75) is 13.5 Å². The van der Waals surface area contributed by atoms with Gasteiger partial charge in [-0.15, -0.1) is 0 Å². The van der Waals surface area contributed by atoms with E-state index in [0.29, 0.717) is 6.54 Å². The number of aryl methyl sites for hydroxylation is 1. The smallest absolute Gasteiger partial charge is 0.256 e. The Hall–Kier alpha value is -2.23. The maximum atomic E-state index is 13.8. The van der Waals surface area contributed by atoms with E-state index in [9.17, 15) is 13.6 Å². The van der Waals surface area contributed by atoms with Crippen LogP contribution in [0.15, 0.2) is 42.5 Å². The summed E-state index contributed by atoms with van der Waals surface area (Å²) >= 11 is 0. The van der Waals surface area contributed by atoms with E-state index >= 15 is 0 Å². The van der Waals surface area contributed by atoms with Crippen molar-refractivity contribution in [3.63, 3.8) is 0 Å². The fraction of sp³-hybridized carbons (Fsp3) is 0.188. The Labute approximate surface area is 116 Å². The molecule has 4 heteroatoms. The van der Waals surface area contributed by atoms with Crippen LogP contribution in [0.2, 0.25) is 0 Å². The van der Waals surface area contributed by atoms with Gasteiger partial charge in [0.15, 0.2) is 0 Å². The highest BCUT2D eigenvalue weighted by molar-refractivity contribution is 5.94. The lowest BCUT2D eigenvalue weighted by Crippen LogP contribution is -2.27. The zero-order valence-electron chi connectivity index (χ0n) is 11.4. The molecule has 0 fully saturated rings. The van der Waals surface area contributed by atoms with Crippen molar-refractivity contribution in [1.82, 2.24) is 4.90 Å². The van der Waals surface area contributed by atoms with Gasteiger partial charge in [0.2, 0.25) is 0 Å². The van der Waals surface area contributed by atoms with E-state index in [1.807, 2.05) is 0 Å². The van der Waals surface area contributed by atoms with Crippen molar-refractivity contribution in [1.29, 1.82) is 0 Å². The zero-order chi connectivity index (χ0) is 14.7. The van der Waals surface area contributed by atoms with E-state index in [4.69, 9.17) is 0 Å². The van der Waals surface area contributed by atoms with Crippen molar-refractivity contribution in [3.05, 3.63) is 70.8 Å². The summed E-state index contributed by atoms with van der Waals surface area (Å²) in [4.78, 5) is 13.6. The topological polar surface area (TPSA) is 20.3 Å². The molecule has 0 saturated carbocycles. The van der Waals surface area contributed by atoms with Crippen molar-refractivity contribution >= 4 is 5.91 Å². The van der Waals surface area contributed by atoms with Crippen LogP contribution in [-0.2, 0) is 6.54 Å². The fourth-order valence-corrected chi connectivity index (χ4v) is 1.93. The number of benzene rings is 2. The van der Waals surface area contributed by atoms with Crippen molar-refractivity contribution in [3.8, 4) is 0 Å². The molecule has 0 aliphatic heterocycles. The average molecular weight is 275 g/mol. The van der Waals surface area contributed by atoms with Crippen molar-refractivity contribution in [2.24, 2.45) is 0 Å². The maximum Gasteiger partial charge on any atom is 0.256 e. The summed E-state index contributed by atoms with van der Waals surface area (Å²) in [6.07, 6.45) is 0. The quantitative estimate of drug-likeness (QED) is 0.839. The second-order valence-electron chi connectivity index (χ2n) is 4.77. The van der Waals surface area contributed by atoms with Crippen molar-refractivity contribution < 1.29 is 13.6 Å². The van der Waals surface area contributed by atoms with Crippen LogP contribution >= 0.6 is 0 Å². The predicted octanol–water partition coefficient (Wildman–Crippen LogP) is 3.55. The Bertz CT molecular complexity index is 623. The Morgan fingerprint density at radius 3 is 2.35 bits per heavy atom. The molecule has 0 bridgehead atoms. The molecule has 0 aromatic heterocycles. The average Bonchev–Trinajstić information content (AvgIpc) is 2.40. The maximum absolute atomic E-state index is 13.8. The van der Waals surface area contributed by atoms with E-state index in [1.54, 1.807) is 32.2 Å². The summed E-state index contributed by atoms with van der Waals surface area (Å²) in [7, 11) is 1.59. The van der Waals surface area contributed by atoms with Crippen LogP contribution in [0.1, 0.15) is 21.5 Å². The highest BCUT2D eigenvalue weighted by Crippen LogP contribution is 2.14. The molecule has 0 spiro atoms. The van der Waals surface area contributed by atoms with Crippen LogP contribution < -0.4 is 0 Å². The van der Waals surface area contributed by atoms with Gasteiger partial charge >= 0.3 is 0 Å². The molecule has 104 valence electrons. The Balaban J connectivity index is 2.14. The molecule has 2 aromatic carbocycles. The number of carbonyl (C=O) groups excluding carboxylic acids is 1. The normalized spacial score (nSPS) is 10.4. The van der Waals surface area contributed by atoms with E-state index in [2.05, 4.69) is 0 Å². The molecular formula is C16H15F2NO. The van der Waals surface area contributed by atoms with Gasteiger partial charge in [0.25, 0.3) is 5.91 Å².